The van der Waals surface area contributed by atoms with E-state index in [1.165, 1.54) is 0 Å². The second kappa shape index (κ2) is 9.83. The molecule has 0 bridgehead atoms. The van der Waals surface area contributed by atoms with E-state index in [0.29, 0.717) is 25.7 Å². The van der Waals surface area contributed by atoms with Crippen LogP contribution in [0.3, 0.4) is 0 Å². The van der Waals surface area contributed by atoms with Crippen LogP contribution in [0.25, 0.3) is 0 Å². The Morgan fingerprint density at radius 3 is 2.12 bits per heavy atom. The third-order valence-electron chi connectivity index (χ3n) is 4.25. The number of nitriles is 4. The van der Waals surface area contributed by atoms with Crippen molar-refractivity contribution in [3.8, 4) is 24.3 Å². The topological polar surface area (TPSA) is 132 Å². The Kier molecular flexibility index (Phi) is 7.77. The highest BCUT2D eigenvalue weighted by molar-refractivity contribution is 5.66. The van der Waals surface area contributed by atoms with Crippen molar-refractivity contribution >= 4 is 5.97 Å². The van der Waals surface area contributed by atoms with Crippen LogP contribution in [-0.4, -0.2) is 11.1 Å². The normalized spacial score (nSPS) is 16.2. The molecule has 1 fully saturated rings. The monoisotopic (exact) mass is 322 g/mol. The second-order valence-electron chi connectivity index (χ2n) is 5.72. The van der Waals surface area contributed by atoms with Gasteiger partial charge in [0.15, 0.2) is 0 Å². The predicted molar refractivity (Wildman–Crippen MR) is 84.6 cm³/mol. The van der Waals surface area contributed by atoms with Crippen LogP contribution in [0.5, 0.6) is 0 Å². The van der Waals surface area contributed by atoms with Crippen LogP contribution in [0, 0.1) is 51.2 Å². The molecule has 6 heteroatoms. The van der Waals surface area contributed by atoms with Crippen LogP contribution in [0.4, 0.5) is 0 Å². The Morgan fingerprint density at radius 2 is 1.58 bits per heavy atom. The van der Waals surface area contributed by atoms with Gasteiger partial charge < -0.3 is 5.11 Å². The molecule has 0 aromatic rings. The number of hydrogen-bond acceptors (Lipinski definition) is 5. The Labute approximate surface area is 141 Å². The fraction of sp³-hybridized carbons (Fsp3) is 0.500. The SMILES string of the molecule is N#CC(C#N)=C1CCC(=C(C#N)C#N)C(CCCCCC(=O)O)C1. The summed E-state index contributed by atoms with van der Waals surface area (Å²) in [6, 6.07) is 7.69. The summed E-state index contributed by atoms with van der Waals surface area (Å²) in [5.74, 6) is -0.855. The summed E-state index contributed by atoms with van der Waals surface area (Å²) >= 11 is 0. The van der Waals surface area contributed by atoms with Gasteiger partial charge in [0.1, 0.15) is 35.4 Å². The molecule has 1 saturated carbocycles. The summed E-state index contributed by atoms with van der Waals surface area (Å²) in [6.07, 6.45) is 4.53. The Bertz CT molecular complexity index is 688. The molecule has 1 atom stereocenters. The molecule has 24 heavy (non-hydrogen) atoms. The van der Waals surface area contributed by atoms with Crippen molar-refractivity contribution in [2.45, 2.75) is 51.4 Å². The lowest BCUT2D eigenvalue weighted by Gasteiger charge is -2.27. The minimum Gasteiger partial charge on any atom is -0.481 e. The average Bonchev–Trinajstić information content (AvgIpc) is 2.58. The van der Waals surface area contributed by atoms with Crippen LogP contribution >= 0.6 is 0 Å². The molecule has 0 spiro atoms. The minimum atomic E-state index is -0.817. The number of carboxylic acid groups (broad SMARTS) is 1. The van der Waals surface area contributed by atoms with Gasteiger partial charge in [0.2, 0.25) is 0 Å². The third-order valence-corrected chi connectivity index (χ3v) is 4.25. The van der Waals surface area contributed by atoms with Gasteiger partial charge in [0.25, 0.3) is 0 Å². The standard InChI is InChI=1S/C18H18N4O2/c19-9-15(10-20)13-6-7-17(16(11-21)12-22)14(8-13)4-2-1-3-5-18(23)24/h14H,1-8H2,(H,23,24). The van der Waals surface area contributed by atoms with E-state index in [1.54, 1.807) is 0 Å². The van der Waals surface area contributed by atoms with Crippen molar-refractivity contribution in [3.63, 3.8) is 0 Å². The maximum absolute atomic E-state index is 10.5. The molecule has 0 heterocycles. The van der Waals surface area contributed by atoms with Crippen LogP contribution in [0.1, 0.15) is 51.4 Å². The van der Waals surface area contributed by atoms with E-state index in [1.807, 2.05) is 24.3 Å². The number of allylic oxidation sites excluding steroid dienone is 4. The quantitative estimate of drug-likeness (QED) is 0.587. The Hall–Kier alpha value is -3.09. The third kappa shape index (κ3) is 5.28. The number of carboxylic acids is 1. The van der Waals surface area contributed by atoms with E-state index in [-0.39, 0.29) is 23.5 Å². The smallest absolute Gasteiger partial charge is 0.303 e. The van der Waals surface area contributed by atoms with Crippen molar-refractivity contribution in [3.05, 3.63) is 22.3 Å². The van der Waals surface area contributed by atoms with Crippen molar-refractivity contribution in [2.24, 2.45) is 5.92 Å². The first-order valence-electron chi connectivity index (χ1n) is 7.84. The molecule has 0 aromatic heterocycles. The molecule has 0 aliphatic heterocycles. The van der Waals surface area contributed by atoms with Gasteiger partial charge in [-0.3, -0.25) is 4.79 Å². The van der Waals surface area contributed by atoms with E-state index < -0.39 is 5.97 Å². The second-order valence-corrected chi connectivity index (χ2v) is 5.72. The molecule has 1 N–H and O–H groups in total. The maximum Gasteiger partial charge on any atom is 0.303 e. The van der Waals surface area contributed by atoms with Gasteiger partial charge in [-0.1, -0.05) is 12.8 Å². The Balaban J connectivity index is 2.88. The van der Waals surface area contributed by atoms with Crippen molar-refractivity contribution in [1.29, 1.82) is 21.0 Å². The van der Waals surface area contributed by atoms with Gasteiger partial charge >= 0.3 is 5.97 Å². The zero-order valence-corrected chi connectivity index (χ0v) is 13.4. The van der Waals surface area contributed by atoms with Crippen LogP contribution in [-0.2, 0) is 4.79 Å². The van der Waals surface area contributed by atoms with Gasteiger partial charge in [-0.05, 0) is 49.2 Å². The molecule has 1 aliphatic carbocycles. The number of nitrogens with zero attached hydrogens (tertiary/aromatic N) is 4. The highest BCUT2D eigenvalue weighted by Crippen LogP contribution is 2.39. The molecule has 0 aromatic carbocycles. The summed E-state index contributed by atoms with van der Waals surface area (Å²) in [5, 5.41) is 44.9. The van der Waals surface area contributed by atoms with Crippen LogP contribution in [0.2, 0.25) is 0 Å². The predicted octanol–water partition coefficient (Wildman–Crippen LogP) is 3.51. The molecule has 122 valence electrons. The Morgan fingerprint density at radius 1 is 0.958 bits per heavy atom. The average molecular weight is 322 g/mol. The fourth-order valence-electron chi connectivity index (χ4n) is 3.04. The van der Waals surface area contributed by atoms with Gasteiger partial charge in [-0.2, -0.15) is 21.0 Å². The first kappa shape index (κ1) is 19.0. The number of rotatable bonds is 6. The van der Waals surface area contributed by atoms with Crippen molar-refractivity contribution < 1.29 is 9.90 Å². The minimum absolute atomic E-state index is 0.0374. The van der Waals surface area contributed by atoms with Gasteiger partial charge in [-0.25, -0.2) is 0 Å². The van der Waals surface area contributed by atoms with E-state index >= 15 is 0 Å². The largest absolute Gasteiger partial charge is 0.481 e. The lowest BCUT2D eigenvalue weighted by Crippen LogP contribution is -2.15. The summed E-state index contributed by atoms with van der Waals surface area (Å²) in [7, 11) is 0. The summed E-state index contributed by atoms with van der Waals surface area (Å²) in [4.78, 5) is 10.5. The molecule has 1 unspecified atom stereocenters. The molecule has 6 nitrogen and oxygen atoms in total. The first-order chi connectivity index (χ1) is 11.6. The fourth-order valence-corrected chi connectivity index (χ4v) is 3.04. The van der Waals surface area contributed by atoms with Gasteiger partial charge in [0.05, 0.1) is 0 Å². The number of hydrogen-bond donors (Lipinski definition) is 1. The van der Waals surface area contributed by atoms with E-state index in [4.69, 9.17) is 26.2 Å². The summed E-state index contributed by atoms with van der Waals surface area (Å²) < 4.78 is 0. The summed E-state index contributed by atoms with van der Waals surface area (Å²) in [6.45, 7) is 0. The van der Waals surface area contributed by atoms with Crippen molar-refractivity contribution in [1.82, 2.24) is 0 Å². The van der Waals surface area contributed by atoms with Crippen LogP contribution < -0.4 is 0 Å². The molecule has 0 radical (unpaired) electrons. The molecule has 0 saturated heterocycles. The molecule has 0 amide bonds. The van der Waals surface area contributed by atoms with Crippen molar-refractivity contribution in [2.75, 3.05) is 0 Å². The molecular formula is C18H18N4O2. The highest BCUT2D eigenvalue weighted by Gasteiger charge is 2.26. The zero-order chi connectivity index (χ0) is 17.9. The van der Waals surface area contributed by atoms with E-state index in [9.17, 15) is 4.79 Å². The van der Waals surface area contributed by atoms with E-state index in [2.05, 4.69) is 0 Å². The highest BCUT2D eigenvalue weighted by atomic mass is 16.4. The lowest BCUT2D eigenvalue weighted by molar-refractivity contribution is -0.137. The molecular weight excluding hydrogens is 304 g/mol. The zero-order valence-electron chi connectivity index (χ0n) is 13.4. The lowest BCUT2D eigenvalue weighted by atomic mass is 9.75. The number of unbranched alkanes of at least 4 members (excludes halogenated alkanes) is 2. The maximum atomic E-state index is 10.5. The van der Waals surface area contributed by atoms with E-state index in [0.717, 1.165) is 30.4 Å². The van der Waals surface area contributed by atoms with Crippen LogP contribution in [0.15, 0.2) is 22.3 Å². The first-order valence-corrected chi connectivity index (χ1v) is 7.84. The molecule has 1 aliphatic rings. The number of aliphatic carboxylic acids is 1. The van der Waals surface area contributed by atoms with Gasteiger partial charge in [-0.15, -0.1) is 0 Å². The van der Waals surface area contributed by atoms with Gasteiger partial charge in [0, 0.05) is 6.42 Å². The molecule has 1 rings (SSSR count). The number of carbonyl (C=O) groups is 1. The summed E-state index contributed by atoms with van der Waals surface area (Å²) in [5.41, 5.74) is 1.84.